The molecule has 0 fully saturated rings. The predicted octanol–water partition coefficient (Wildman–Crippen LogP) is 2.34. The van der Waals surface area contributed by atoms with Crippen LogP contribution in [0.2, 0.25) is 0 Å². The van der Waals surface area contributed by atoms with Gasteiger partial charge in [-0.1, -0.05) is 49.4 Å². The quantitative estimate of drug-likeness (QED) is 0.412. The van der Waals surface area contributed by atoms with Crippen molar-refractivity contribution in [2.45, 2.75) is 19.8 Å². The van der Waals surface area contributed by atoms with Gasteiger partial charge >= 0.3 is 0 Å². The van der Waals surface area contributed by atoms with Gasteiger partial charge in [0.1, 0.15) is 0 Å². The molecule has 4 nitrogen and oxygen atoms in total. The Labute approximate surface area is 134 Å². The second-order valence-electron chi connectivity index (χ2n) is 3.55. The second kappa shape index (κ2) is 10.2. The van der Waals surface area contributed by atoms with Crippen molar-refractivity contribution in [1.29, 1.82) is 0 Å². The van der Waals surface area contributed by atoms with E-state index in [0.29, 0.717) is 12.8 Å². The smallest absolute Gasteiger partial charge is 0.265 e. The van der Waals surface area contributed by atoms with Crippen molar-refractivity contribution in [3.05, 3.63) is 42.3 Å². The third kappa shape index (κ3) is 8.52. The van der Waals surface area contributed by atoms with E-state index in [-0.39, 0.29) is 45.9 Å². The monoisotopic (exact) mass is 345 g/mol. The molecule has 0 aliphatic heterocycles. The first-order valence-electron chi connectivity index (χ1n) is 5.60. The van der Waals surface area contributed by atoms with Crippen LogP contribution in [-0.4, -0.2) is 13.2 Å². The molecule has 0 saturated heterocycles. The minimum Gasteiger partial charge on any atom is -0.756 e. The van der Waals surface area contributed by atoms with Crippen LogP contribution in [0, 0.1) is 6.42 Å². The van der Waals surface area contributed by atoms with Gasteiger partial charge in [-0.05, 0) is 6.42 Å². The summed E-state index contributed by atoms with van der Waals surface area (Å²) in [6.45, 7) is 2.04. The number of rotatable bonds is 8. The Morgan fingerprint density at radius 1 is 1.28 bits per heavy atom. The standard InChI is InChI=1S/C12H18O4P.Y/c1-2-10-15-17(13,14)16-11-6-9-12-7-4-3-5-8-12;/h3-8H,2,9-11H2,1H3,(H,13,14);/q-1;/p-1. The third-order valence-electron chi connectivity index (χ3n) is 2.03. The Morgan fingerprint density at radius 3 is 2.56 bits per heavy atom. The van der Waals surface area contributed by atoms with Crippen molar-refractivity contribution >= 4 is 7.82 Å². The fourth-order valence-corrected chi connectivity index (χ4v) is 1.99. The minimum absolute atomic E-state index is 0. The SMILES string of the molecule is CCCOP(=O)([O-])OC[CH-]Cc1ccccc1.[Y]. The van der Waals surface area contributed by atoms with Crippen molar-refractivity contribution in [3.63, 3.8) is 0 Å². The second-order valence-corrected chi connectivity index (χ2v) is 4.97. The van der Waals surface area contributed by atoms with E-state index in [1.54, 1.807) is 6.42 Å². The maximum absolute atomic E-state index is 11.2. The third-order valence-corrected chi connectivity index (χ3v) is 2.99. The average Bonchev–Trinajstić information content (AvgIpc) is 2.34. The Morgan fingerprint density at radius 2 is 1.94 bits per heavy atom. The summed E-state index contributed by atoms with van der Waals surface area (Å²) in [6.07, 6.45) is 3.08. The summed E-state index contributed by atoms with van der Waals surface area (Å²) < 4.78 is 20.4. The molecule has 1 atom stereocenters. The van der Waals surface area contributed by atoms with Gasteiger partial charge in [-0.15, -0.1) is 0 Å². The van der Waals surface area contributed by atoms with Crippen LogP contribution in [0.4, 0.5) is 0 Å². The molecule has 0 aliphatic rings. The average molecular weight is 345 g/mol. The molecule has 0 aliphatic carbocycles. The molecule has 0 bridgehead atoms. The Bertz CT molecular complexity index is 358. The Hall–Kier alpha value is 0.434. The van der Waals surface area contributed by atoms with Gasteiger partial charge in [0.25, 0.3) is 7.82 Å². The normalized spacial score (nSPS) is 13.7. The van der Waals surface area contributed by atoms with Crippen molar-refractivity contribution in [3.8, 4) is 0 Å². The summed E-state index contributed by atoms with van der Waals surface area (Å²) in [4.78, 5) is 11.2. The molecule has 99 valence electrons. The van der Waals surface area contributed by atoms with Crippen LogP contribution in [0.3, 0.4) is 0 Å². The van der Waals surface area contributed by atoms with Gasteiger partial charge in [0.2, 0.25) is 0 Å². The van der Waals surface area contributed by atoms with Crippen LogP contribution in [0.1, 0.15) is 18.9 Å². The fourth-order valence-electron chi connectivity index (χ4n) is 1.22. The first-order chi connectivity index (χ1) is 8.14. The summed E-state index contributed by atoms with van der Waals surface area (Å²) in [5.41, 5.74) is 1.12. The van der Waals surface area contributed by atoms with Crippen LogP contribution < -0.4 is 4.89 Å². The van der Waals surface area contributed by atoms with Gasteiger partial charge in [-0.3, -0.25) is 11.0 Å². The molecular formula is C12H17O4PY-2. The van der Waals surface area contributed by atoms with E-state index in [0.717, 1.165) is 5.56 Å². The maximum atomic E-state index is 11.2. The van der Waals surface area contributed by atoms with Crippen molar-refractivity contribution in [2.24, 2.45) is 0 Å². The molecular weight excluding hydrogens is 328 g/mol. The van der Waals surface area contributed by atoms with E-state index >= 15 is 0 Å². The number of hydrogen-bond donors (Lipinski definition) is 0. The number of hydrogen-bond acceptors (Lipinski definition) is 4. The van der Waals surface area contributed by atoms with Crippen molar-refractivity contribution in [1.82, 2.24) is 0 Å². The van der Waals surface area contributed by atoms with Crippen LogP contribution in [0.25, 0.3) is 0 Å². The van der Waals surface area contributed by atoms with E-state index in [1.807, 2.05) is 37.3 Å². The molecule has 0 saturated carbocycles. The zero-order valence-electron chi connectivity index (χ0n) is 10.5. The fraction of sp³-hybridized carbons (Fsp3) is 0.417. The Kier molecular flexibility index (Phi) is 10.5. The summed E-state index contributed by atoms with van der Waals surface area (Å²) >= 11 is 0. The number of benzene rings is 1. The molecule has 1 unspecified atom stereocenters. The van der Waals surface area contributed by atoms with E-state index in [9.17, 15) is 9.46 Å². The van der Waals surface area contributed by atoms with E-state index < -0.39 is 7.82 Å². The van der Waals surface area contributed by atoms with E-state index in [2.05, 4.69) is 9.05 Å². The predicted molar refractivity (Wildman–Crippen MR) is 64.2 cm³/mol. The van der Waals surface area contributed by atoms with Crippen LogP contribution in [0.15, 0.2) is 30.3 Å². The molecule has 0 amide bonds. The first kappa shape index (κ1) is 18.4. The molecule has 1 aromatic carbocycles. The van der Waals surface area contributed by atoms with E-state index in [4.69, 9.17) is 0 Å². The number of phosphoric acid groups is 1. The first-order valence-corrected chi connectivity index (χ1v) is 7.06. The molecule has 1 radical (unpaired) electrons. The van der Waals surface area contributed by atoms with Gasteiger partial charge < -0.3 is 13.9 Å². The summed E-state index contributed by atoms with van der Waals surface area (Å²) in [5.74, 6) is 0. The van der Waals surface area contributed by atoms with E-state index in [1.165, 1.54) is 0 Å². The molecule has 1 rings (SSSR count). The summed E-state index contributed by atoms with van der Waals surface area (Å²) in [7, 11) is -4.11. The van der Waals surface area contributed by atoms with Gasteiger partial charge in [0.15, 0.2) is 0 Å². The molecule has 0 N–H and O–H groups in total. The van der Waals surface area contributed by atoms with Gasteiger partial charge in [0.05, 0.1) is 6.61 Å². The largest absolute Gasteiger partial charge is 0.756 e. The van der Waals surface area contributed by atoms with Gasteiger partial charge in [-0.2, -0.15) is 6.42 Å². The van der Waals surface area contributed by atoms with Gasteiger partial charge in [-0.25, -0.2) is 0 Å². The zero-order chi connectivity index (χ0) is 12.6. The van der Waals surface area contributed by atoms with Gasteiger partial charge in [0, 0.05) is 32.7 Å². The summed E-state index contributed by atoms with van der Waals surface area (Å²) in [5, 5.41) is 0. The molecule has 6 heteroatoms. The Balaban J connectivity index is 0.00000289. The maximum Gasteiger partial charge on any atom is 0.265 e. The molecule has 1 aromatic rings. The van der Waals surface area contributed by atoms with Crippen molar-refractivity contribution < 1.29 is 51.2 Å². The minimum atomic E-state index is -4.11. The molecule has 0 aromatic heterocycles. The molecule has 0 heterocycles. The zero-order valence-corrected chi connectivity index (χ0v) is 14.2. The van der Waals surface area contributed by atoms with Crippen molar-refractivity contribution in [2.75, 3.05) is 13.2 Å². The van der Waals surface area contributed by atoms with Crippen LogP contribution in [0.5, 0.6) is 0 Å². The number of phosphoric ester groups is 1. The van der Waals surface area contributed by atoms with Crippen LogP contribution in [-0.2, 0) is 52.7 Å². The topological polar surface area (TPSA) is 58.6 Å². The summed E-state index contributed by atoms with van der Waals surface area (Å²) in [6, 6.07) is 9.76. The molecule has 18 heavy (non-hydrogen) atoms. The van der Waals surface area contributed by atoms with Crippen LogP contribution >= 0.6 is 7.82 Å². The molecule has 0 spiro atoms.